The van der Waals surface area contributed by atoms with Crippen molar-refractivity contribution in [3.8, 4) is 5.75 Å². The molecule has 0 amide bonds. The van der Waals surface area contributed by atoms with Crippen LogP contribution in [0.15, 0.2) is 42.5 Å². The first-order chi connectivity index (χ1) is 11.6. The number of fused-ring (bicyclic) bond motifs is 1. The molecule has 3 rings (SSSR count). The number of ether oxygens (including phenoxy) is 1. The number of para-hydroxylation sites is 1. The molecule has 0 aliphatic carbocycles. The molecule has 1 unspecified atom stereocenters. The molecule has 0 saturated carbocycles. The number of benzene rings is 2. The third-order valence-electron chi connectivity index (χ3n) is 4.47. The summed E-state index contributed by atoms with van der Waals surface area (Å²) in [5.41, 5.74) is 10.9. The number of rotatable bonds is 6. The zero-order chi connectivity index (χ0) is 17.1. The van der Waals surface area contributed by atoms with Crippen molar-refractivity contribution in [3.63, 3.8) is 0 Å². The van der Waals surface area contributed by atoms with Crippen LogP contribution in [-0.2, 0) is 6.42 Å². The fourth-order valence-corrected chi connectivity index (χ4v) is 3.47. The van der Waals surface area contributed by atoms with E-state index >= 15 is 0 Å². The number of aromatic amines is 1. The fourth-order valence-electron chi connectivity index (χ4n) is 3.29. The highest BCUT2D eigenvalue weighted by Crippen LogP contribution is 2.34. The average Bonchev–Trinajstić information content (AvgIpc) is 2.90. The predicted molar refractivity (Wildman–Crippen MR) is 101 cm³/mol. The molecule has 0 radical (unpaired) electrons. The first kappa shape index (κ1) is 16.9. The molecule has 24 heavy (non-hydrogen) atoms. The van der Waals surface area contributed by atoms with E-state index in [9.17, 15) is 0 Å². The number of H-pyrrole nitrogens is 1. The Balaban J connectivity index is 2.00. The quantitative estimate of drug-likeness (QED) is 0.675. The minimum absolute atomic E-state index is 0.156. The van der Waals surface area contributed by atoms with E-state index in [1.54, 1.807) is 0 Å². The van der Waals surface area contributed by atoms with Gasteiger partial charge in [-0.05, 0) is 56.6 Å². The first-order valence-corrected chi connectivity index (χ1v) is 8.70. The SMILES string of the molecule is CCOc1ccc(Cl)cc1C(CN)Cc1c(C)[nH]c2ccccc12. The minimum Gasteiger partial charge on any atom is -0.494 e. The summed E-state index contributed by atoms with van der Waals surface area (Å²) in [5, 5.41) is 1.97. The van der Waals surface area contributed by atoms with Crippen molar-refractivity contribution in [2.24, 2.45) is 5.73 Å². The number of nitrogens with two attached hydrogens (primary N) is 1. The number of halogens is 1. The maximum atomic E-state index is 6.22. The lowest BCUT2D eigenvalue weighted by Crippen LogP contribution is -2.16. The van der Waals surface area contributed by atoms with Gasteiger partial charge in [0, 0.05) is 33.1 Å². The van der Waals surface area contributed by atoms with Crippen LogP contribution in [-0.4, -0.2) is 18.1 Å². The van der Waals surface area contributed by atoms with E-state index in [-0.39, 0.29) is 5.92 Å². The van der Waals surface area contributed by atoms with Crippen molar-refractivity contribution >= 4 is 22.5 Å². The Morgan fingerprint density at radius 3 is 2.75 bits per heavy atom. The Kier molecular flexibility index (Phi) is 5.12. The normalized spacial score (nSPS) is 12.5. The summed E-state index contributed by atoms with van der Waals surface area (Å²) in [6.45, 7) is 5.27. The fraction of sp³-hybridized carbons (Fsp3) is 0.300. The van der Waals surface area contributed by atoms with Crippen molar-refractivity contribution in [1.29, 1.82) is 0 Å². The molecular formula is C20H23ClN2O. The van der Waals surface area contributed by atoms with Crippen molar-refractivity contribution < 1.29 is 4.74 Å². The smallest absolute Gasteiger partial charge is 0.122 e. The van der Waals surface area contributed by atoms with Crippen LogP contribution >= 0.6 is 11.6 Å². The summed E-state index contributed by atoms with van der Waals surface area (Å²) in [4.78, 5) is 3.46. The molecule has 4 heteroatoms. The van der Waals surface area contributed by atoms with Crippen LogP contribution in [0.4, 0.5) is 0 Å². The van der Waals surface area contributed by atoms with Gasteiger partial charge in [0.1, 0.15) is 5.75 Å². The van der Waals surface area contributed by atoms with Crippen molar-refractivity contribution in [3.05, 3.63) is 64.3 Å². The lowest BCUT2D eigenvalue weighted by atomic mass is 9.90. The van der Waals surface area contributed by atoms with E-state index in [1.807, 2.05) is 31.2 Å². The molecule has 1 heterocycles. The summed E-state index contributed by atoms with van der Waals surface area (Å²) in [7, 11) is 0. The van der Waals surface area contributed by atoms with E-state index in [4.69, 9.17) is 22.1 Å². The average molecular weight is 343 g/mol. The van der Waals surface area contributed by atoms with Gasteiger partial charge in [0.15, 0.2) is 0 Å². The molecule has 0 fully saturated rings. The molecule has 0 aliphatic heterocycles. The predicted octanol–water partition coefficient (Wildman–Crippen LogP) is 4.81. The molecule has 1 aromatic heterocycles. The lowest BCUT2D eigenvalue weighted by Gasteiger charge is -2.19. The van der Waals surface area contributed by atoms with Crippen LogP contribution in [0.5, 0.6) is 5.75 Å². The maximum Gasteiger partial charge on any atom is 0.122 e. The van der Waals surface area contributed by atoms with Crippen molar-refractivity contribution in [1.82, 2.24) is 4.98 Å². The van der Waals surface area contributed by atoms with Gasteiger partial charge in [0.25, 0.3) is 0 Å². The Labute approximate surface area is 147 Å². The number of hydrogen-bond donors (Lipinski definition) is 2. The Morgan fingerprint density at radius 1 is 1.21 bits per heavy atom. The second-order valence-corrected chi connectivity index (χ2v) is 6.46. The Morgan fingerprint density at radius 2 is 2.00 bits per heavy atom. The van der Waals surface area contributed by atoms with Crippen molar-refractivity contribution in [2.75, 3.05) is 13.2 Å². The molecule has 2 aromatic carbocycles. The zero-order valence-electron chi connectivity index (χ0n) is 14.1. The topological polar surface area (TPSA) is 51.0 Å². The molecule has 0 bridgehead atoms. The summed E-state index contributed by atoms with van der Waals surface area (Å²) in [6.07, 6.45) is 0.854. The highest BCUT2D eigenvalue weighted by Gasteiger charge is 2.19. The third-order valence-corrected chi connectivity index (χ3v) is 4.71. The van der Waals surface area contributed by atoms with Crippen LogP contribution in [0.3, 0.4) is 0 Å². The van der Waals surface area contributed by atoms with Gasteiger partial charge in [-0.3, -0.25) is 0 Å². The number of aryl methyl sites for hydroxylation is 1. The van der Waals surface area contributed by atoms with Crippen LogP contribution in [0.1, 0.15) is 29.7 Å². The summed E-state index contributed by atoms with van der Waals surface area (Å²) >= 11 is 6.22. The first-order valence-electron chi connectivity index (χ1n) is 8.32. The lowest BCUT2D eigenvalue weighted by molar-refractivity contribution is 0.334. The summed E-state index contributed by atoms with van der Waals surface area (Å²) < 4.78 is 5.79. The molecule has 3 aromatic rings. The van der Waals surface area contributed by atoms with Gasteiger partial charge in [-0.15, -0.1) is 0 Å². The number of nitrogens with one attached hydrogen (secondary N) is 1. The van der Waals surface area contributed by atoms with Gasteiger partial charge < -0.3 is 15.5 Å². The molecule has 1 atom stereocenters. The molecule has 0 aliphatic rings. The summed E-state index contributed by atoms with van der Waals surface area (Å²) in [6, 6.07) is 14.2. The maximum absolute atomic E-state index is 6.22. The van der Waals surface area contributed by atoms with Gasteiger partial charge in [-0.2, -0.15) is 0 Å². The van der Waals surface area contributed by atoms with Gasteiger partial charge in [-0.1, -0.05) is 29.8 Å². The molecule has 0 saturated heterocycles. The van der Waals surface area contributed by atoms with Gasteiger partial charge in [0.05, 0.1) is 6.61 Å². The highest BCUT2D eigenvalue weighted by atomic mass is 35.5. The summed E-state index contributed by atoms with van der Waals surface area (Å²) in [5.74, 6) is 1.03. The van der Waals surface area contributed by atoms with E-state index in [0.717, 1.165) is 23.3 Å². The Hall–Kier alpha value is -1.97. The van der Waals surface area contributed by atoms with Gasteiger partial charge in [0.2, 0.25) is 0 Å². The molecular weight excluding hydrogens is 320 g/mol. The van der Waals surface area contributed by atoms with Crippen molar-refractivity contribution in [2.45, 2.75) is 26.2 Å². The molecule has 126 valence electrons. The van der Waals surface area contributed by atoms with E-state index < -0.39 is 0 Å². The van der Waals surface area contributed by atoms with E-state index in [2.05, 4.69) is 30.1 Å². The van der Waals surface area contributed by atoms with Crippen LogP contribution < -0.4 is 10.5 Å². The minimum atomic E-state index is 0.156. The van der Waals surface area contributed by atoms with E-state index in [0.29, 0.717) is 18.2 Å². The monoisotopic (exact) mass is 342 g/mol. The standard InChI is InChI=1S/C20H23ClN2O/c1-3-24-20-9-8-15(21)11-18(20)14(12-22)10-17-13(2)23-19-7-5-4-6-16(17)19/h4-9,11,14,23H,3,10,12,22H2,1-2H3. The molecule has 0 spiro atoms. The van der Waals surface area contributed by atoms with Gasteiger partial charge >= 0.3 is 0 Å². The molecule has 3 N–H and O–H groups in total. The van der Waals surface area contributed by atoms with Crippen LogP contribution in [0.2, 0.25) is 5.02 Å². The Bertz CT molecular complexity index is 841. The molecule has 3 nitrogen and oxygen atoms in total. The van der Waals surface area contributed by atoms with Crippen LogP contribution in [0.25, 0.3) is 10.9 Å². The second kappa shape index (κ2) is 7.29. The third kappa shape index (κ3) is 3.28. The van der Waals surface area contributed by atoms with Crippen LogP contribution in [0, 0.1) is 6.92 Å². The largest absolute Gasteiger partial charge is 0.494 e. The second-order valence-electron chi connectivity index (χ2n) is 6.03. The van der Waals surface area contributed by atoms with E-state index in [1.165, 1.54) is 16.6 Å². The highest BCUT2D eigenvalue weighted by molar-refractivity contribution is 6.30. The van der Waals surface area contributed by atoms with Gasteiger partial charge in [-0.25, -0.2) is 0 Å². The number of aromatic nitrogens is 1. The zero-order valence-corrected chi connectivity index (χ0v) is 14.9. The number of hydrogen-bond acceptors (Lipinski definition) is 2.